The third-order valence-electron chi connectivity index (χ3n) is 4.03. The normalized spacial score (nSPS) is 11.4. The predicted molar refractivity (Wildman–Crippen MR) is 108 cm³/mol. The number of hydrogen-bond acceptors (Lipinski definition) is 5. The molecule has 152 valence electrons. The zero-order chi connectivity index (χ0) is 20.4. The highest BCUT2D eigenvalue weighted by Gasteiger charge is 2.27. The second-order valence-corrected chi connectivity index (χ2v) is 8.32. The highest BCUT2D eigenvalue weighted by Crippen LogP contribution is 2.18. The monoisotopic (exact) mass is 405 g/mol. The number of furan rings is 1. The standard InChI is InChI=1S/C20H27N3O4S/c1-3-9-17(10-4-2)21-22-20(24)16-23(15-18-11-8-14-27-18)28(25,26)19-12-6-5-7-13-19/h5-8,11-14H,3-4,9-10,15-16H2,1-2H3,(H,22,24). The molecule has 2 aromatic rings. The first kappa shape index (κ1) is 21.8. The highest BCUT2D eigenvalue weighted by atomic mass is 32.2. The average molecular weight is 406 g/mol. The van der Waals surface area contributed by atoms with E-state index in [9.17, 15) is 13.2 Å². The molecule has 0 fully saturated rings. The lowest BCUT2D eigenvalue weighted by molar-refractivity contribution is -0.121. The van der Waals surface area contributed by atoms with Crippen molar-refractivity contribution in [1.29, 1.82) is 0 Å². The maximum atomic E-state index is 13.0. The number of carbonyl (C=O) groups is 1. The lowest BCUT2D eigenvalue weighted by Gasteiger charge is -2.20. The van der Waals surface area contributed by atoms with Gasteiger partial charge in [-0.25, -0.2) is 13.8 Å². The van der Waals surface area contributed by atoms with Crippen molar-refractivity contribution in [3.05, 3.63) is 54.5 Å². The average Bonchev–Trinajstić information content (AvgIpc) is 3.20. The molecule has 1 aromatic heterocycles. The van der Waals surface area contributed by atoms with Crippen LogP contribution in [-0.2, 0) is 21.4 Å². The molecule has 8 heteroatoms. The molecule has 1 aromatic carbocycles. The van der Waals surface area contributed by atoms with Gasteiger partial charge in [0.25, 0.3) is 5.91 Å². The molecule has 1 heterocycles. The van der Waals surface area contributed by atoms with Crippen molar-refractivity contribution in [1.82, 2.24) is 9.73 Å². The molecule has 0 radical (unpaired) electrons. The summed E-state index contributed by atoms with van der Waals surface area (Å²) in [6, 6.07) is 11.4. The number of hydrogen-bond donors (Lipinski definition) is 1. The number of hydrazone groups is 1. The number of rotatable bonds is 11. The molecule has 28 heavy (non-hydrogen) atoms. The van der Waals surface area contributed by atoms with E-state index in [0.717, 1.165) is 35.7 Å². The summed E-state index contributed by atoms with van der Waals surface area (Å²) >= 11 is 0. The summed E-state index contributed by atoms with van der Waals surface area (Å²) in [6.45, 7) is 3.69. The maximum absolute atomic E-state index is 13.0. The van der Waals surface area contributed by atoms with E-state index in [0.29, 0.717) is 5.76 Å². The minimum Gasteiger partial charge on any atom is -0.468 e. The molecule has 0 aliphatic carbocycles. The van der Waals surface area contributed by atoms with Crippen LogP contribution in [0.3, 0.4) is 0 Å². The molecule has 0 atom stereocenters. The van der Waals surface area contributed by atoms with Crippen LogP contribution in [0.1, 0.15) is 45.3 Å². The Labute approximate surface area is 166 Å². The zero-order valence-electron chi connectivity index (χ0n) is 16.3. The van der Waals surface area contributed by atoms with Crippen LogP contribution >= 0.6 is 0 Å². The Morgan fingerprint density at radius 1 is 1.07 bits per heavy atom. The lowest BCUT2D eigenvalue weighted by atomic mass is 10.1. The summed E-state index contributed by atoms with van der Waals surface area (Å²) < 4.78 is 32.4. The van der Waals surface area contributed by atoms with Gasteiger partial charge < -0.3 is 4.42 Å². The molecular weight excluding hydrogens is 378 g/mol. The minimum absolute atomic E-state index is 0.0435. The van der Waals surface area contributed by atoms with Gasteiger partial charge in [0.2, 0.25) is 10.0 Å². The van der Waals surface area contributed by atoms with Crippen molar-refractivity contribution in [2.75, 3.05) is 6.54 Å². The predicted octanol–water partition coefficient (Wildman–Crippen LogP) is 3.54. The SMILES string of the molecule is CCCC(CCC)=NNC(=O)CN(Cc1ccco1)S(=O)(=O)c1ccccc1. The van der Waals surface area contributed by atoms with Gasteiger partial charge in [0.15, 0.2) is 0 Å². The Morgan fingerprint density at radius 3 is 2.32 bits per heavy atom. The first-order valence-corrected chi connectivity index (χ1v) is 10.8. The van der Waals surface area contributed by atoms with Gasteiger partial charge in [-0.15, -0.1) is 0 Å². The number of carbonyl (C=O) groups excluding carboxylic acids is 1. The Morgan fingerprint density at radius 2 is 1.75 bits per heavy atom. The van der Waals surface area contributed by atoms with E-state index in [2.05, 4.69) is 10.5 Å². The number of benzene rings is 1. The molecule has 0 unspecified atom stereocenters. The molecule has 1 amide bonds. The summed E-state index contributed by atoms with van der Waals surface area (Å²) in [4.78, 5) is 12.5. The maximum Gasteiger partial charge on any atom is 0.255 e. The van der Waals surface area contributed by atoms with Gasteiger partial charge in [0, 0.05) is 5.71 Å². The minimum atomic E-state index is -3.87. The molecular formula is C20H27N3O4S. The van der Waals surface area contributed by atoms with Crippen LogP contribution in [0.15, 0.2) is 63.1 Å². The molecule has 0 aliphatic heterocycles. The third-order valence-corrected chi connectivity index (χ3v) is 5.84. The lowest BCUT2D eigenvalue weighted by Crippen LogP contribution is -2.39. The van der Waals surface area contributed by atoms with Gasteiger partial charge in [-0.1, -0.05) is 44.9 Å². The Balaban J connectivity index is 2.18. The van der Waals surface area contributed by atoms with E-state index in [1.54, 1.807) is 30.3 Å². The summed E-state index contributed by atoms with van der Waals surface area (Å²) in [5, 5.41) is 4.18. The largest absolute Gasteiger partial charge is 0.468 e. The van der Waals surface area contributed by atoms with Crippen molar-refractivity contribution < 1.29 is 17.6 Å². The van der Waals surface area contributed by atoms with Crippen LogP contribution in [0, 0.1) is 0 Å². The van der Waals surface area contributed by atoms with Gasteiger partial charge in [-0.3, -0.25) is 4.79 Å². The van der Waals surface area contributed by atoms with Gasteiger partial charge in [0.1, 0.15) is 5.76 Å². The van der Waals surface area contributed by atoms with Gasteiger partial charge >= 0.3 is 0 Å². The van der Waals surface area contributed by atoms with Crippen LogP contribution in [0.25, 0.3) is 0 Å². The van der Waals surface area contributed by atoms with Crippen LogP contribution in [0.2, 0.25) is 0 Å². The fraction of sp³-hybridized carbons (Fsp3) is 0.400. The van der Waals surface area contributed by atoms with E-state index < -0.39 is 15.9 Å². The molecule has 0 saturated heterocycles. The Bertz CT molecular complexity index is 854. The second kappa shape index (κ2) is 10.8. The van der Waals surface area contributed by atoms with Gasteiger partial charge in [-0.2, -0.15) is 9.41 Å². The van der Waals surface area contributed by atoms with E-state index >= 15 is 0 Å². The molecule has 0 aliphatic rings. The van der Waals surface area contributed by atoms with Crippen LogP contribution in [0.5, 0.6) is 0 Å². The van der Waals surface area contributed by atoms with E-state index in [-0.39, 0.29) is 18.0 Å². The topological polar surface area (TPSA) is 92.0 Å². The smallest absolute Gasteiger partial charge is 0.255 e. The van der Waals surface area contributed by atoms with Crippen molar-refractivity contribution in [2.24, 2.45) is 5.10 Å². The fourth-order valence-corrected chi connectivity index (χ4v) is 4.08. The Hall–Kier alpha value is -2.45. The van der Waals surface area contributed by atoms with Crippen molar-refractivity contribution in [2.45, 2.75) is 51.0 Å². The molecule has 0 bridgehead atoms. The van der Waals surface area contributed by atoms with Crippen LogP contribution in [0.4, 0.5) is 0 Å². The van der Waals surface area contributed by atoms with Crippen molar-refractivity contribution in [3.8, 4) is 0 Å². The number of amides is 1. The summed E-state index contributed by atoms with van der Waals surface area (Å²) in [6.07, 6.45) is 4.93. The van der Waals surface area contributed by atoms with E-state index in [1.165, 1.54) is 18.4 Å². The van der Waals surface area contributed by atoms with Crippen LogP contribution in [-0.4, -0.2) is 30.9 Å². The number of nitrogens with zero attached hydrogens (tertiary/aromatic N) is 2. The first-order valence-electron chi connectivity index (χ1n) is 9.39. The fourth-order valence-electron chi connectivity index (χ4n) is 2.69. The summed E-state index contributed by atoms with van der Waals surface area (Å²) in [5.74, 6) is -0.0377. The van der Waals surface area contributed by atoms with Gasteiger partial charge in [0.05, 0.1) is 24.2 Å². The third kappa shape index (κ3) is 6.31. The van der Waals surface area contributed by atoms with Crippen molar-refractivity contribution in [3.63, 3.8) is 0 Å². The molecule has 1 N–H and O–H groups in total. The number of nitrogens with one attached hydrogen (secondary N) is 1. The van der Waals surface area contributed by atoms with Crippen molar-refractivity contribution >= 4 is 21.6 Å². The summed E-state index contributed by atoms with van der Waals surface area (Å²) in [5.41, 5.74) is 3.40. The van der Waals surface area contributed by atoms with E-state index in [1.807, 2.05) is 13.8 Å². The highest BCUT2D eigenvalue weighted by molar-refractivity contribution is 7.89. The molecule has 2 rings (SSSR count). The second-order valence-electron chi connectivity index (χ2n) is 6.38. The molecule has 0 spiro atoms. The Kier molecular flexibility index (Phi) is 8.41. The summed E-state index contributed by atoms with van der Waals surface area (Å²) in [7, 11) is -3.87. The van der Waals surface area contributed by atoms with Crippen LogP contribution < -0.4 is 5.43 Å². The van der Waals surface area contributed by atoms with Gasteiger partial charge in [-0.05, 0) is 37.1 Å². The zero-order valence-corrected chi connectivity index (χ0v) is 17.1. The molecule has 0 saturated carbocycles. The number of sulfonamides is 1. The quantitative estimate of drug-likeness (QED) is 0.457. The molecule has 7 nitrogen and oxygen atoms in total. The van der Waals surface area contributed by atoms with E-state index in [4.69, 9.17) is 4.42 Å². The first-order chi connectivity index (χ1) is 13.5.